The van der Waals surface area contributed by atoms with Gasteiger partial charge >= 0.3 is 0 Å². The van der Waals surface area contributed by atoms with Crippen molar-refractivity contribution in [3.05, 3.63) is 23.8 Å². The van der Waals surface area contributed by atoms with E-state index in [0.29, 0.717) is 31.0 Å². The fraction of sp³-hybridized carbons (Fsp3) is 0.556. The molecule has 134 valence electrons. The van der Waals surface area contributed by atoms with E-state index in [9.17, 15) is 9.59 Å². The van der Waals surface area contributed by atoms with Crippen LogP contribution < -0.4 is 20.1 Å². The van der Waals surface area contributed by atoms with E-state index in [1.54, 1.807) is 14.2 Å². The van der Waals surface area contributed by atoms with Crippen LogP contribution in [0, 0.1) is 0 Å². The fourth-order valence-electron chi connectivity index (χ4n) is 2.32. The van der Waals surface area contributed by atoms with Crippen LogP contribution in [-0.4, -0.2) is 39.1 Å². The molecule has 1 rings (SSSR count). The molecular weight excluding hydrogens is 308 g/mol. The molecule has 6 nitrogen and oxygen atoms in total. The highest BCUT2D eigenvalue weighted by atomic mass is 16.5. The molecule has 2 amide bonds. The minimum Gasteiger partial charge on any atom is -0.493 e. The van der Waals surface area contributed by atoms with Gasteiger partial charge < -0.3 is 20.1 Å². The molecule has 0 heterocycles. The van der Waals surface area contributed by atoms with Gasteiger partial charge in [0, 0.05) is 26.4 Å². The second-order valence-corrected chi connectivity index (χ2v) is 5.58. The van der Waals surface area contributed by atoms with Crippen LogP contribution in [0.2, 0.25) is 0 Å². The number of unbranched alkanes of at least 4 members (excludes halogenated alkanes) is 1. The minimum atomic E-state index is -0.0193. The van der Waals surface area contributed by atoms with Crippen LogP contribution in [-0.2, 0) is 16.0 Å². The average molecular weight is 336 g/mol. The molecule has 0 aliphatic heterocycles. The Morgan fingerprint density at radius 2 is 1.62 bits per heavy atom. The van der Waals surface area contributed by atoms with Crippen molar-refractivity contribution in [3.63, 3.8) is 0 Å². The zero-order valence-corrected chi connectivity index (χ0v) is 14.8. The molecule has 0 aromatic heterocycles. The van der Waals surface area contributed by atoms with E-state index in [0.717, 1.165) is 31.2 Å². The zero-order chi connectivity index (χ0) is 17.8. The van der Waals surface area contributed by atoms with E-state index in [1.165, 1.54) is 6.92 Å². The summed E-state index contributed by atoms with van der Waals surface area (Å²) < 4.78 is 10.5. The maximum Gasteiger partial charge on any atom is 0.220 e. The summed E-state index contributed by atoms with van der Waals surface area (Å²) in [7, 11) is 3.22. The Kier molecular flexibility index (Phi) is 9.34. The van der Waals surface area contributed by atoms with Gasteiger partial charge in [0.1, 0.15) is 0 Å². The molecule has 0 radical (unpaired) electrons. The molecule has 0 saturated heterocycles. The number of benzene rings is 1. The van der Waals surface area contributed by atoms with Crippen LogP contribution in [0.1, 0.15) is 38.2 Å². The summed E-state index contributed by atoms with van der Waals surface area (Å²) >= 11 is 0. The maximum absolute atomic E-state index is 11.8. The van der Waals surface area contributed by atoms with Gasteiger partial charge in [0.05, 0.1) is 14.2 Å². The monoisotopic (exact) mass is 336 g/mol. The Hall–Kier alpha value is -2.24. The molecule has 6 heteroatoms. The number of carbonyl (C=O) groups is 2. The summed E-state index contributed by atoms with van der Waals surface area (Å²) in [5, 5.41) is 5.63. The Morgan fingerprint density at radius 1 is 0.958 bits per heavy atom. The largest absolute Gasteiger partial charge is 0.493 e. The highest BCUT2D eigenvalue weighted by Gasteiger charge is 2.06. The molecule has 2 N–H and O–H groups in total. The van der Waals surface area contributed by atoms with Gasteiger partial charge in [-0.05, 0) is 43.4 Å². The first-order chi connectivity index (χ1) is 11.6. The number of hydrogen-bond donors (Lipinski definition) is 2. The highest BCUT2D eigenvalue weighted by molar-refractivity contribution is 5.75. The maximum atomic E-state index is 11.8. The number of hydrogen-bond acceptors (Lipinski definition) is 4. The lowest BCUT2D eigenvalue weighted by molar-refractivity contribution is -0.121. The summed E-state index contributed by atoms with van der Waals surface area (Å²) in [6, 6.07) is 5.81. The molecular formula is C18H28N2O4. The van der Waals surface area contributed by atoms with Crippen molar-refractivity contribution in [2.75, 3.05) is 27.3 Å². The summed E-state index contributed by atoms with van der Waals surface area (Å²) in [5.41, 5.74) is 1.12. The molecule has 1 aromatic carbocycles. The van der Waals surface area contributed by atoms with Crippen molar-refractivity contribution >= 4 is 11.8 Å². The van der Waals surface area contributed by atoms with Gasteiger partial charge in [0.15, 0.2) is 11.5 Å². The summed E-state index contributed by atoms with van der Waals surface area (Å²) in [6.45, 7) is 2.81. The molecule has 24 heavy (non-hydrogen) atoms. The van der Waals surface area contributed by atoms with E-state index in [-0.39, 0.29) is 11.8 Å². The molecule has 0 bridgehead atoms. The number of ether oxygens (including phenoxy) is 2. The van der Waals surface area contributed by atoms with Gasteiger partial charge in [-0.1, -0.05) is 6.07 Å². The Labute approximate surface area is 143 Å². The molecule has 0 atom stereocenters. The Balaban J connectivity index is 2.18. The normalized spacial score (nSPS) is 10.1. The van der Waals surface area contributed by atoms with Gasteiger partial charge in [0.2, 0.25) is 11.8 Å². The number of aryl methyl sites for hydroxylation is 1. The molecule has 0 saturated carbocycles. The van der Waals surface area contributed by atoms with Gasteiger partial charge in [-0.15, -0.1) is 0 Å². The predicted octanol–water partition coefficient (Wildman–Crippen LogP) is 2.06. The average Bonchev–Trinajstić information content (AvgIpc) is 2.57. The van der Waals surface area contributed by atoms with Gasteiger partial charge in [-0.3, -0.25) is 9.59 Å². The first-order valence-electron chi connectivity index (χ1n) is 8.29. The number of nitrogens with one attached hydrogen (secondary N) is 2. The van der Waals surface area contributed by atoms with Crippen LogP contribution in [0.3, 0.4) is 0 Å². The summed E-state index contributed by atoms with van der Waals surface area (Å²) in [5.74, 6) is 1.46. The molecule has 0 spiro atoms. The number of methoxy groups -OCH3 is 2. The van der Waals surface area contributed by atoms with E-state index in [2.05, 4.69) is 10.6 Å². The van der Waals surface area contributed by atoms with E-state index in [1.807, 2.05) is 18.2 Å². The van der Waals surface area contributed by atoms with E-state index in [4.69, 9.17) is 9.47 Å². The fourth-order valence-corrected chi connectivity index (χ4v) is 2.32. The van der Waals surface area contributed by atoms with Crippen LogP contribution in [0.5, 0.6) is 11.5 Å². The van der Waals surface area contributed by atoms with Crippen LogP contribution in [0.15, 0.2) is 18.2 Å². The highest BCUT2D eigenvalue weighted by Crippen LogP contribution is 2.28. The lowest BCUT2D eigenvalue weighted by atomic mass is 10.1. The molecule has 0 unspecified atom stereocenters. The molecule has 1 aromatic rings. The standard InChI is InChI=1S/C18H28N2O4/c1-14(21)19-11-4-5-12-20-18(22)8-6-7-15-9-10-16(23-2)17(13-15)24-3/h9-10,13H,4-8,11-12H2,1-3H3,(H,19,21)(H,20,22). The summed E-state index contributed by atoms with van der Waals surface area (Å²) in [4.78, 5) is 22.5. The van der Waals surface area contributed by atoms with Crippen molar-refractivity contribution in [2.24, 2.45) is 0 Å². The van der Waals surface area contributed by atoms with E-state index >= 15 is 0 Å². The van der Waals surface area contributed by atoms with Crippen molar-refractivity contribution in [1.29, 1.82) is 0 Å². The second-order valence-electron chi connectivity index (χ2n) is 5.58. The van der Waals surface area contributed by atoms with Crippen molar-refractivity contribution in [3.8, 4) is 11.5 Å². The molecule has 0 fully saturated rings. The lowest BCUT2D eigenvalue weighted by Crippen LogP contribution is -2.26. The number of carbonyl (C=O) groups excluding carboxylic acids is 2. The van der Waals surface area contributed by atoms with Gasteiger partial charge in [0.25, 0.3) is 0 Å². The molecule has 0 aliphatic carbocycles. The van der Waals surface area contributed by atoms with Crippen molar-refractivity contribution < 1.29 is 19.1 Å². The first kappa shape index (κ1) is 19.8. The third-order valence-electron chi connectivity index (χ3n) is 3.62. The minimum absolute atomic E-state index is 0.0193. The van der Waals surface area contributed by atoms with Crippen LogP contribution in [0.25, 0.3) is 0 Å². The van der Waals surface area contributed by atoms with Crippen molar-refractivity contribution in [2.45, 2.75) is 39.0 Å². The number of amides is 2. The van der Waals surface area contributed by atoms with Crippen LogP contribution in [0.4, 0.5) is 0 Å². The van der Waals surface area contributed by atoms with E-state index < -0.39 is 0 Å². The predicted molar refractivity (Wildman–Crippen MR) is 93.4 cm³/mol. The third-order valence-corrected chi connectivity index (χ3v) is 3.62. The van der Waals surface area contributed by atoms with Crippen LogP contribution >= 0.6 is 0 Å². The summed E-state index contributed by atoms with van der Waals surface area (Å²) in [6.07, 6.45) is 3.83. The second kappa shape index (κ2) is 11.3. The van der Waals surface area contributed by atoms with Crippen molar-refractivity contribution in [1.82, 2.24) is 10.6 Å². The molecule has 0 aliphatic rings. The lowest BCUT2D eigenvalue weighted by Gasteiger charge is -2.09. The Bertz CT molecular complexity index is 532. The third kappa shape index (κ3) is 7.85. The number of rotatable bonds is 11. The quantitative estimate of drug-likeness (QED) is 0.607. The zero-order valence-electron chi connectivity index (χ0n) is 14.8. The van der Waals surface area contributed by atoms with Gasteiger partial charge in [-0.2, -0.15) is 0 Å². The smallest absolute Gasteiger partial charge is 0.220 e. The first-order valence-corrected chi connectivity index (χ1v) is 8.29. The van der Waals surface area contributed by atoms with Gasteiger partial charge in [-0.25, -0.2) is 0 Å². The SMILES string of the molecule is COc1ccc(CCCC(=O)NCCCCNC(C)=O)cc1OC. The topological polar surface area (TPSA) is 76.7 Å². The Morgan fingerprint density at radius 3 is 2.25 bits per heavy atom.